The van der Waals surface area contributed by atoms with E-state index in [9.17, 15) is 0 Å². The van der Waals surface area contributed by atoms with Crippen LogP contribution in [0.5, 0.6) is 0 Å². The molecule has 2 nitrogen and oxygen atoms in total. The van der Waals surface area contributed by atoms with E-state index in [2.05, 4.69) is 44.8 Å². The molecule has 0 radical (unpaired) electrons. The van der Waals surface area contributed by atoms with Crippen LogP contribution in [0.3, 0.4) is 0 Å². The molecule has 0 aliphatic carbocycles. The molecule has 1 aliphatic rings. The molecule has 1 N–H and O–H groups in total. The summed E-state index contributed by atoms with van der Waals surface area (Å²) in [6, 6.07) is 0.621. The molecule has 1 aliphatic heterocycles. The summed E-state index contributed by atoms with van der Waals surface area (Å²) < 4.78 is 0. The van der Waals surface area contributed by atoms with Crippen LogP contribution >= 0.6 is 0 Å². The van der Waals surface area contributed by atoms with Crippen LogP contribution in [0.15, 0.2) is 0 Å². The highest BCUT2D eigenvalue weighted by molar-refractivity contribution is 4.99. The molecule has 0 amide bonds. The number of hydrogen-bond donors (Lipinski definition) is 1. The standard InChI is InChI=1S/C16H34N2/c1-6-14(4)15(17-8-3)16(5,7-2)18-12-10-9-11-13-18/h14-15,17H,6-13H2,1-5H3. The number of likely N-dealkylation sites (N-methyl/N-ethyl adjacent to an activating group) is 1. The van der Waals surface area contributed by atoms with E-state index < -0.39 is 0 Å². The molecule has 2 heteroatoms. The quantitative estimate of drug-likeness (QED) is 0.746. The fourth-order valence-corrected chi connectivity index (χ4v) is 3.53. The summed E-state index contributed by atoms with van der Waals surface area (Å²) in [7, 11) is 0. The van der Waals surface area contributed by atoms with Gasteiger partial charge in [0.25, 0.3) is 0 Å². The Kier molecular flexibility index (Phi) is 6.65. The first kappa shape index (κ1) is 16.0. The van der Waals surface area contributed by atoms with Crippen LogP contribution < -0.4 is 5.32 Å². The Balaban J connectivity index is 2.85. The van der Waals surface area contributed by atoms with Crippen LogP contribution in [0, 0.1) is 5.92 Å². The highest BCUT2D eigenvalue weighted by Crippen LogP contribution is 2.31. The van der Waals surface area contributed by atoms with Crippen molar-refractivity contribution in [1.29, 1.82) is 0 Å². The van der Waals surface area contributed by atoms with Crippen LogP contribution in [-0.2, 0) is 0 Å². The molecule has 1 saturated heterocycles. The highest BCUT2D eigenvalue weighted by atomic mass is 15.2. The minimum atomic E-state index is 0.325. The van der Waals surface area contributed by atoms with Gasteiger partial charge in [0.15, 0.2) is 0 Å². The lowest BCUT2D eigenvalue weighted by Crippen LogP contribution is -2.62. The van der Waals surface area contributed by atoms with Crippen LogP contribution in [0.2, 0.25) is 0 Å². The summed E-state index contributed by atoms with van der Waals surface area (Å²) >= 11 is 0. The Bertz CT molecular complexity index is 223. The zero-order valence-electron chi connectivity index (χ0n) is 13.3. The normalized spacial score (nSPS) is 24.5. The molecule has 1 fully saturated rings. The summed E-state index contributed by atoms with van der Waals surface area (Å²) in [6.07, 6.45) is 6.70. The van der Waals surface area contributed by atoms with E-state index in [1.54, 1.807) is 0 Å². The second-order valence-electron chi connectivity index (χ2n) is 6.18. The average Bonchev–Trinajstić information content (AvgIpc) is 2.44. The molecule has 1 heterocycles. The van der Waals surface area contributed by atoms with E-state index in [0.717, 1.165) is 12.5 Å². The SMILES string of the molecule is CCNC(C(C)CC)C(C)(CC)N1CCCCC1. The van der Waals surface area contributed by atoms with Gasteiger partial charge in [-0.3, -0.25) is 4.90 Å². The third kappa shape index (κ3) is 3.48. The molecule has 0 aromatic carbocycles. The summed E-state index contributed by atoms with van der Waals surface area (Å²) in [5.74, 6) is 0.747. The number of rotatable bonds is 7. The number of nitrogens with zero attached hydrogens (tertiary/aromatic N) is 1. The minimum absolute atomic E-state index is 0.325. The second kappa shape index (κ2) is 7.49. The van der Waals surface area contributed by atoms with Crippen LogP contribution in [0.4, 0.5) is 0 Å². The molecule has 0 bridgehead atoms. The molecule has 108 valence electrons. The van der Waals surface area contributed by atoms with Gasteiger partial charge in [0.05, 0.1) is 0 Å². The topological polar surface area (TPSA) is 15.3 Å². The van der Waals surface area contributed by atoms with Gasteiger partial charge in [-0.2, -0.15) is 0 Å². The molecular formula is C16H34N2. The Morgan fingerprint density at radius 2 is 1.72 bits per heavy atom. The monoisotopic (exact) mass is 254 g/mol. The minimum Gasteiger partial charge on any atom is -0.312 e. The lowest BCUT2D eigenvalue weighted by Gasteiger charge is -2.50. The molecule has 0 aromatic heterocycles. The molecule has 3 atom stereocenters. The van der Waals surface area contributed by atoms with E-state index in [-0.39, 0.29) is 0 Å². The van der Waals surface area contributed by atoms with Gasteiger partial charge in [-0.25, -0.2) is 0 Å². The molecule has 1 rings (SSSR count). The third-order valence-electron chi connectivity index (χ3n) is 5.10. The van der Waals surface area contributed by atoms with Gasteiger partial charge in [-0.1, -0.05) is 40.5 Å². The van der Waals surface area contributed by atoms with E-state index in [1.807, 2.05) is 0 Å². The zero-order chi connectivity index (χ0) is 13.6. The number of likely N-dealkylation sites (tertiary alicyclic amines) is 1. The van der Waals surface area contributed by atoms with Crippen molar-refractivity contribution in [2.75, 3.05) is 19.6 Å². The largest absolute Gasteiger partial charge is 0.312 e. The first-order valence-electron chi connectivity index (χ1n) is 8.08. The predicted molar refractivity (Wildman–Crippen MR) is 81.0 cm³/mol. The lowest BCUT2D eigenvalue weighted by molar-refractivity contribution is 0.0255. The fraction of sp³-hybridized carbons (Fsp3) is 1.00. The Hall–Kier alpha value is -0.0800. The first-order chi connectivity index (χ1) is 8.60. The van der Waals surface area contributed by atoms with Gasteiger partial charge in [0, 0.05) is 11.6 Å². The molecule has 3 unspecified atom stereocenters. The summed E-state index contributed by atoms with van der Waals surface area (Å²) in [5, 5.41) is 3.78. The van der Waals surface area contributed by atoms with E-state index >= 15 is 0 Å². The maximum absolute atomic E-state index is 3.78. The maximum Gasteiger partial charge on any atom is 0.0334 e. The predicted octanol–water partition coefficient (Wildman–Crippen LogP) is 3.67. The van der Waals surface area contributed by atoms with Crippen molar-refractivity contribution in [2.45, 2.75) is 78.3 Å². The number of hydrogen-bond acceptors (Lipinski definition) is 2. The van der Waals surface area contributed by atoms with Gasteiger partial charge >= 0.3 is 0 Å². The van der Waals surface area contributed by atoms with Crippen molar-refractivity contribution < 1.29 is 0 Å². The summed E-state index contributed by atoms with van der Waals surface area (Å²) in [4.78, 5) is 2.76. The molecule has 18 heavy (non-hydrogen) atoms. The van der Waals surface area contributed by atoms with E-state index in [0.29, 0.717) is 11.6 Å². The van der Waals surface area contributed by atoms with Crippen LogP contribution in [0.1, 0.15) is 66.7 Å². The van der Waals surface area contributed by atoms with Gasteiger partial charge in [-0.15, -0.1) is 0 Å². The number of nitrogens with one attached hydrogen (secondary N) is 1. The second-order valence-corrected chi connectivity index (χ2v) is 6.18. The van der Waals surface area contributed by atoms with E-state index in [1.165, 1.54) is 45.2 Å². The molecular weight excluding hydrogens is 220 g/mol. The zero-order valence-corrected chi connectivity index (χ0v) is 13.3. The van der Waals surface area contributed by atoms with Crippen molar-refractivity contribution in [3.8, 4) is 0 Å². The molecule has 0 spiro atoms. The van der Waals surface area contributed by atoms with Crippen molar-refractivity contribution in [1.82, 2.24) is 10.2 Å². The lowest BCUT2D eigenvalue weighted by atomic mass is 9.78. The Morgan fingerprint density at radius 3 is 2.17 bits per heavy atom. The smallest absolute Gasteiger partial charge is 0.0334 e. The highest BCUT2D eigenvalue weighted by Gasteiger charge is 2.40. The van der Waals surface area contributed by atoms with Crippen LogP contribution in [-0.4, -0.2) is 36.1 Å². The van der Waals surface area contributed by atoms with E-state index in [4.69, 9.17) is 0 Å². The third-order valence-corrected chi connectivity index (χ3v) is 5.10. The van der Waals surface area contributed by atoms with Crippen LogP contribution in [0.25, 0.3) is 0 Å². The first-order valence-corrected chi connectivity index (χ1v) is 8.08. The van der Waals surface area contributed by atoms with Crippen molar-refractivity contribution in [3.05, 3.63) is 0 Å². The van der Waals surface area contributed by atoms with Crippen molar-refractivity contribution >= 4 is 0 Å². The molecule has 0 saturated carbocycles. The van der Waals surface area contributed by atoms with Gasteiger partial charge in [0.1, 0.15) is 0 Å². The van der Waals surface area contributed by atoms with Gasteiger partial charge < -0.3 is 5.32 Å². The Labute approximate surface area is 115 Å². The van der Waals surface area contributed by atoms with Gasteiger partial charge in [0.2, 0.25) is 0 Å². The maximum atomic E-state index is 3.78. The fourth-order valence-electron chi connectivity index (χ4n) is 3.53. The van der Waals surface area contributed by atoms with Crippen molar-refractivity contribution in [2.24, 2.45) is 5.92 Å². The van der Waals surface area contributed by atoms with Gasteiger partial charge in [-0.05, 0) is 51.7 Å². The summed E-state index contributed by atoms with van der Waals surface area (Å²) in [5.41, 5.74) is 0.325. The molecule has 0 aromatic rings. The average molecular weight is 254 g/mol. The van der Waals surface area contributed by atoms with Crippen molar-refractivity contribution in [3.63, 3.8) is 0 Å². The number of piperidine rings is 1. The Morgan fingerprint density at radius 1 is 1.11 bits per heavy atom. The summed E-state index contributed by atoms with van der Waals surface area (Å²) in [6.45, 7) is 15.5.